The minimum atomic E-state index is 0.351. The van der Waals surface area contributed by atoms with E-state index in [-0.39, 0.29) is 0 Å². The molecule has 10 heavy (non-hydrogen) atoms. The third kappa shape index (κ3) is 2.36. The molecule has 1 aliphatic carbocycles. The first kappa shape index (κ1) is 8.75. The Balaban J connectivity index is 2.20. The number of hydrogen-bond donors (Lipinski definition) is 1. The molecule has 1 fully saturated rings. The Morgan fingerprint density at radius 2 is 2.10 bits per heavy atom. The molecule has 0 aromatic rings. The van der Waals surface area contributed by atoms with Crippen LogP contribution in [0.2, 0.25) is 0 Å². The van der Waals surface area contributed by atoms with Crippen LogP contribution in [0.15, 0.2) is 9.47 Å². The molecule has 0 aromatic carbocycles. The molecule has 1 N–H and O–H groups in total. The maximum Gasteiger partial charge on any atom is 0.0567 e. The Hall–Kier alpha value is 0.660. The standard InChI is InChI=1S/C7H10Br2O/c8-7(9)3-5-1-6(2-5)4-10/h3,5-6,10H,1-2,4H2. The van der Waals surface area contributed by atoms with Crippen molar-refractivity contribution in [1.82, 2.24) is 0 Å². The van der Waals surface area contributed by atoms with Gasteiger partial charge in [0.1, 0.15) is 0 Å². The van der Waals surface area contributed by atoms with Gasteiger partial charge in [0.2, 0.25) is 0 Å². The summed E-state index contributed by atoms with van der Waals surface area (Å²) in [5, 5.41) is 8.69. The zero-order valence-corrected chi connectivity index (χ0v) is 8.73. The molecule has 0 atom stereocenters. The fraction of sp³-hybridized carbons (Fsp3) is 0.714. The van der Waals surface area contributed by atoms with E-state index in [0.717, 1.165) is 16.2 Å². The SMILES string of the molecule is OCC1CC(C=C(Br)Br)C1. The lowest BCUT2D eigenvalue weighted by Crippen LogP contribution is -2.24. The van der Waals surface area contributed by atoms with Crippen LogP contribution in [0.1, 0.15) is 12.8 Å². The largest absolute Gasteiger partial charge is 0.396 e. The average Bonchev–Trinajstić information content (AvgIpc) is 1.76. The van der Waals surface area contributed by atoms with Crippen molar-refractivity contribution in [3.8, 4) is 0 Å². The maximum atomic E-state index is 8.69. The third-order valence-corrected chi connectivity index (χ3v) is 2.42. The highest BCUT2D eigenvalue weighted by molar-refractivity contribution is 9.28. The Kier molecular flexibility index (Phi) is 3.40. The van der Waals surface area contributed by atoms with Crippen LogP contribution in [0.25, 0.3) is 0 Å². The Bertz CT molecular complexity index is 135. The quantitative estimate of drug-likeness (QED) is 0.817. The minimum Gasteiger partial charge on any atom is -0.396 e. The van der Waals surface area contributed by atoms with Crippen LogP contribution in [0.5, 0.6) is 0 Å². The number of allylic oxidation sites excluding steroid dienone is 1. The second-order valence-electron chi connectivity index (χ2n) is 2.74. The van der Waals surface area contributed by atoms with Gasteiger partial charge in [0, 0.05) is 6.61 Å². The summed E-state index contributed by atoms with van der Waals surface area (Å²) in [6.07, 6.45) is 4.42. The summed E-state index contributed by atoms with van der Waals surface area (Å²) in [5.74, 6) is 1.23. The van der Waals surface area contributed by atoms with Crippen molar-refractivity contribution in [3.05, 3.63) is 9.47 Å². The van der Waals surface area contributed by atoms with E-state index in [1.165, 1.54) is 0 Å². The first-order chi connectivity index (χ1) is 4.72. The average molecular weight is 270 g/mol. The predicted octanol–water partition coefficient (Wildman–Crippen LogP) is 2.64. The minimum absolute atomic E-state index is 0.351. The lowest BCUT2D eigenvalue weighted by Gasteiger charge is -2.31. The van der Waals surface area contributed by atoms with E-state index >= 15 is 0 Å². The third-order valence-electron chi connectivity index (χ3n) is 1.89. The molecule has 3 heteroatoms. The van der Waals surface area contributed by atoms with Gasteiger partial charge in [0.25, 0.3) is 0 Å². The molecule has 0 unspecified atom stereocenters. The van der Waals surface area contributed by atoms with Crippen LogP contribution in [-0.2, 0) is 0 Å². The number of rotatable bonds is 2. The summed E-state index contributed by atoms with van der Waals surface area (Å²) in [7, 11) is 0. The van der Waals surface area contributed by atoms with Gasteiger partial charge in [-0.1, -0.05) is 6.08 Å². The van der Waals surface area contributed by atoms with Crippen LogP contribution in [0.4, 0.5) is 0 Å². The number of halogens is 2. The van der Waals surface area contributed by atoms with E-state index in [4.69, 9.17) is 5.11 Å². The van der Waals surface area contributed by atoms with Gasteiger partial charge >= 0.3 is 0 Å². The van der Waals surface area contributed by atoms with Gasteiger partial charge in [-0.2, -0.15) is 0 Å². The summed E-state index contributed by atoms with van der Waals surface area (Å²) in [6.45, 7) is 0.351. The van der Waals surface area contributed by atoms with Gasteiger partial charge in [0.15, 0.2) is 0 Å². The highest BCUT2D eigenvalue weighted by Gasteiger charge is 2.26. The van der Waals surface area contributed by atoms with Gasteiger partial charge in [-0.15, -0.1) is 0 Å². The molecule has 1 saturated carbocycles. The number of aliphatic hydroxyl groups excluding tert-OH is 1. The predicted molar refractivity (Wildman–Crippen MR) is 49.2 cm³/mol. The molecule has 0 radical (unpaired) electrons. The van der Waals surface area contributed by atoms with Crippen molar-refractivity contribution in [2.24, 2.45) is 11.8 Å². The van der Waals surface area contributed by atoms with E-state index < -0.39 is 0 Å². The molecule has 0 amide bonds. The van der Waals surface area contributed by atoms with Crippen LogP contribution in [-0.4, -0.2) is 11.7 Å². The lowest BCUT2D eigenvalue weighted by atomic mass is 9.76. The van der Waals surface area contributed by atoms with Crippen LogP contribution >= 0.6 is 31.9 Å². The first-order valence-electron chi connectivity index (χ1n) is 3.36. The van der Waals surface area contributed by atoms with Gasteiger partial charge < -0.3 is 5.11 Å². The molecule has 1 aliphatic rings. The second kappa shape index (κ2) is 3.88. The van der Waals surface area contributed by atoms with Crippen LogP contribution in [0.3, 0.4) is 0 Å². The monoisotopic (exact) mass is 268 g/mol. The number of hydrogen-bond acceptors (Lipinski definition) is 1. The molecule has 0 aromatic heterocycles. The van der Waals surface area contributed by atoms with Gasteiger partial charge in [-0.25, -0.2) is 0 Å². The van der Waals surface area contributed by atoms with E-state index in [0.29, 0.717) is 18.4 Å². The molecule has 0 heterocycles. The van der Waals surface area contributed by atoms with Crippen LogP contribution in [0, 0.1) is 11.8 Å². The fourth-order valence-corrected chi connectivity index (χ4v) is 2.00. The van der Waals surface area contributed by atoms with Gasteiger partial charge in [-0.05, 0) is 56.5 Å². The topological polar surface area (TPSA) is 20.2 Å². The van der Waals surface area contributed by atoms with Crippen molar-refractivity contribution >= 4 is 31.9 Å². The summed E-state index contributed by atoms with van der Waals surface area (Å²) < 4.78 is 1.03. The summed E-state index contributed by atoms with van der Waals surface area (Å²) in [6, 6.07) is 0. The Morgan fingerprint density at radius 1 is 1.50 bits per heavy atom. The van der Waals surface area contributed by atoms with E-state index in [1.54, 1.807) is 0 Å². The summed E-state index contributed by atoms with van der Waals surface area (Å²) in [4.78, 5) is 0. The van der Waals surface area contributed by atoms with Crippen molar-refractivity contribution in [2.75, 3.05) is 6.61 Å². The first-order valence-corrected chi connectivity index (χ1v) is 4.94. The highest BCUT2D eigenvalue weighted by Crippen LogP contribution is 2.36. The highest BCUT2D eigenvalue weighted by atomic mass is 79.9. The zero-order chi connectivity index (χ0) is 7.56. The maximum absolute atomic E-state index is 8.69. The lowest BCUT2D eigenvalue weighted by molar-refractivity contribution is 0.130. The van der Waals surface area contributed by atoms with Gasteiger partial charge in [-0.3, -0.25) is 0 Å². The number of aliphatic hydroxyl groups is 1. The molecule has 58 valence electrons. The Labute approximate surface area is 77.8 Å². The smallest absolute Gasteiger partial charge is 0.0567 e. The van der Waals surface area contributed by atoms with Crippen molar-refractivity contribution in [1.29, 1.82) is 0 Å². The zero-order valence-electron chi connectivity index (χ0n) is 5.56. The molecular weight excluding hydrogens is 260 g/mol. The Morgan fingerprint density at radius 3 is 2.50 bits per heavy atom. The molecule has 1 rings (SSSR count). The van der Waals surface area contributed by atoms with Crippen molar-refractivity contribution < 1.29 is 5.11 Å². The normalized spacial score (nSPS) is 31.1. The van der Waals surface area contributed by atoms with E-state index in [2.05, 4.69) is 37.9 Å². The molecule has 1 nitrogen and oxygen atoms in total. The van der Waals surface area contributed by atoms with E-state index in [9.17, 15) is 0 Å². The van der Waals surface area contributed by atoms with Crippen LogP contribution < -0.4 is 0 Å². The van der Waals surface area contributed by atoms with Crippen molar-refractivity contribution in [3.63, 3.8) is 0 Å². The van der Waals surface area contributed by atoms with Gasteiger partial charge in [0.05, 0.1) is 3.39 Å². The molecular formula is C7H10Br2O. The molecule has 0 aliphatic heterocycles. The molecule has 0 bridgehead atoms. The molecule has 0 spiro atoms. The summed E-state index contributed by atoms with van der Waals surface area (Å²) >= 11 is 6.61. The van der Waals surface area contributed by atoms with Crippen molar-refractivity contribution in [2.45, 2.75) is 12.8 Å². The second-order valence-corrected chi connectivity index (χ2v) is 5.51. The molecule has 0 saturated heterocycles. The van der Waals surface area contributed by atoms with E-state index in [1.807, 2.05) is 0 Å². The fourth-order valence-electron chi connectivity index (χ4n) is 1.25. The summed E-state index contributed by atoms with van der Waals surface area (Å²) in [5.41, 5.74) is 0.